The number of aromatic amines is 1. The third-order valence-corrected chi connectivity index (χ3v) is 1.23. The maximum absolute atomic E-state index is 11.1. The Labute approximate surface area is 79.2 Å². The Kier molecular flexibility index (Phi) is 3.41. The molecule has 0 unspecified atom stereocenters. The second-order valence-corrected chi connectivity index (χ2v) is 2.23. The molecular weight excluding hydrogens is 186 g/mol. The van der Waals surface area contributed by atoms with Crippen LogP contribution in [0.2, 0.25) is 0 Å². The molecule has 72 valence electrons. The standard InChI is InChI=1S/C8H7N3O3/c1-2-5-14-11-8(13)6-3-4-7(12)10-9-6/h1,3-4H,5H2,(H,10,12)(H,11,13). The van der Waals surface area contributed by atoms with E-state index in [0.717, 1.165) is 0 Å². The highest BCUT2D eigenvalue weighted by Crippen LogP contribution is 1.87. The van der Waals surface area contributed by atoms with E-state index in [4.69, 9.17) is 6.42 Å². The van der Waals surface area contributed by atoms with Crippen molar-refractivity contribution >= 4 is 5.91 Å². The highest BCUT2D eigenvalue weighted by molar-refractivity contribution is 5.91. The first-order chi connectivity index (χ1) is 6.74. The molecule has 6 nitrogen and oxygen atoms in total. The number of carbonyl (C=O) groups excluding carboxylic acids is 1. The van der Waals surface area contributed by atoms with Gasteiger partial charge in [0.15, 0.2) is 5.69 Å². The van der Waals surface area contributed by atoms with E-state index in [-0.39, 0.29) is 17.9 Å². The van der Waals surface area contributed by atoms with Crippen molar-refractivity contribution in [3.8, 4) is 12.3 Å². The lowest BCUT2D eigenvalue weighted by Gasteiger charge is -2.00. The summed E-state index contributed by atoms with van der Waals surface area (Å²) in [5, 5.41) is 5.58. The zero-order valence-corrected chi connectivity index (χ0v) is 7.11. The van der Waals surface area contributed by atoms with Crippen LogP contribution < -0.4 is 11.0 Å². The lowest BCUT2D eigenvalue weighted by atomic mass is 10.4. The normalized spacial score (nSPS) is 9.07. The molecule has 1 rings (SSSR count). The van der Waals surface area contributed by atoms with Gasteiger partial charge in [-0.3, -0.25) is 14.4 Å². The molecule has 0 spiro atoms. The van der Waals surface area contributed by atoms with E-state index >= 15 is 0 Å². The van der Waals surface area contributed by atoms with Gasteiger partial charge in [0, 0.05) is 6.07 Å². The van der Waals surface area contributed by atoms with Crippen LogP contribution in [-0.4, -0.2) is 22.7 Å². The highest BCUT2D eigenvalue weighted by atomic mass is 16.6. The van der Waals surface area contributed by atoms with E-state index < -0.39 is 5.91 Å². The summed E-state index contributed by atoms with van der Waals surface area (Å²) in [6.45, 7) is -0.0326. The van der Waals surface area contributed by atoms with Gasteiger partial charge < -0.3 is 0 Å². The fraction of sp³-hybridized carbons (Fsp3) is 0.125. The Morgan fingerprint density at radius 2 is 2.50 bits per heavy atom. The summed E-state index contributed by atoms with van der Waals surface area (Å²) >= 11 is 0. The van der Waals surface area contributed by atoms with Crippen LogP contribution in [0.1, 0.15) is 10.5 Å². The topological polar surface area (TPSA) is 84.1 Å². The van der Waals surface area contributed by atoms with E-state index in [9.17, 15) is 9.59 Å². The quantitative estimate of drug-likeness (QED) is 0.369. The van der Waals surface area contributed by atoms with E-state index in [1.807, 2.05) is 0 Å². The van der Waals surface area contributed by atoms with Gasteiger partial charge in [0.05, 0.1) is 0 Å². The largest absolute Gasteiger partial charge is 0.295 e. The summed E-state index contributed by atoms with van der Waals surface area (Å²) in [4.78, 5) is 26.3. The van der Waals surface area contributed by atoms with Crippen molar-refractivity contribution in [3.05, 3.63) is 28.2 Å². The van der Waals surface area contributed by atoms with Crippen molar-refractivity contribution in [2.24, 2.45) is 0 Å². The summed E-state index contributed by atoms with van der Waals surface area (Å²) in [5.74, 6) is 1.60. The van der Waals surface area contributed by atoms with Crippen LogP contribution in [0.4, 0.5) is 0 Å². The van der Waals surface area contributed by atoms with Gasteiger partial charge in [0.25, 0.3) is 11.5 Å². The number of terminal acetylenes is 1. The number of nitrogens with one attached hydrogen (secondary N) is 2. The van der Waals surface area contributed by atoms with E-state index in [2.05, 4.69) is 26.4 Å². The molecule has 0 fully saturated rings. The molecule has 0 aliphatic heterocycles. The maximum Gasteiger partial charge on any atom is 0.295 e. The summed E-state index contributed by atoms with van der Waals surface area (Å²) in [6, 6.07) is 2.45. The number of hydrogen-bond donors (Lipinski definition) is 2. The van der Waals surface area contributed by atoms with Crippen molar-refractivity contribution < 1.29 is 9.63 Å². The molecule has 0 radical (unpaired) electrons. The Morgan fingerprint density at radius 1 is 1.71 bits per heavy atom. The second kappa shape index (κ2) is 4.79. The first-order valence-corrected chi connectivity index (χ1v) is 3.65. The Hall–Kier alpha value is -2.13. The van der Waals surface area contributed by atoms with E-state index in [1.54, 1.807) is 0 Å². The highest BCUT2D eigenvalue weighted by Gasteiger charge is 2.05. The lowest BCUT2D eigenvalue weighted by molar-refractivity contribution is 0.0432. The molecule has 0 bridgehead atoms. The molecule has 1 aromatic heterocycles. The second-order valence-electron chi connectivity index (χ2n) is 2.23. The lowest BCUT2D eigenvalue weighted by Crippen LogP contribution is -2.26. The summed E-state index contributed by atoms with van der Waals surface area (Å²) in [5.41, 5.74) is 1.71. The zero-order valence-electron chi connectivity index (χ0n) is 7.11. The van der Waals surface area contributed by atoms with Crippen LogP contribution in [-0.2, 0) is 4.84 Å². The summed E-state index contributed by atoms with van der Waals surface area (Å²) in [6.07, 6.45) is 4.88. The van der Waals surface area contributed by atoms with Gasteiger partial charge in [-0.1, -0.05) is 5.92 Å². The molecule has 1 heterocycles. The number of aromatic nitrogens is 2. The predicted molar refractivity (Wildman–Crippen MR) is 47.1 cm³/mol. The van der Waals surface area contributed by atoms with Gasteiger partial charge in [-0.2, -0.15) is 5.10 Å². The summed E-state index contributed by atoms with van der Waals surface area (Å²) in [7, 11) is 0. The average molecular weight is 193 g/mol. The molecule has 0 saturated heterocycles. The molecule has 1 aromatic rings. The van der Waals surface area contributed by atoms with Gasteiger partial charge in [-0.05, 0) is 6.07 Å². The van der Waals surface area contributed by atoms with Gasteiger partial charge in [0.2, 0.25) is 0 Å². The number of amides is 1. The predicted octanol–water partition coefficient (Wildman–Crippen LogP) is -0.935. The molecule has 0 atom stereocenters. The fourth-order valence-corrected chi connectivity index (χ4v) is 0.667. The van der Waals surface area contributed by atoms with Crippen molar-refractivity contribution in [2.75, 3.05) is 6.61 Å². The molecule has 0 aromatic carbocycles. The fourth-order valence-electron chi connectivity index (χ4n) is 0.667. The van der Waals surface area contributed by atoms with Crippen LogP contribution >= 0.6 is 0 Å². The number of hydrogen-bond acceptors (Lipinski definition) is 4. The van der Waals surface area contributed by atoms with Crippen LogP contribution in [0, 0.1) is 12.3 Å². The molecule has 6 heteroatoms. The Bertz CT molecular complexity index is 398. The molecule has 0 saturated carbocycles. The molecule has 0 aliphatic carbocycles. The van der Waals surface area contributed by atoms with Gasteiger partial charge in [-0.15, -0.1) is 6.42 Å². The molecule has 0 aliphatic rings. The SMILES string of the molecule is C#CCONC(=O)c1ccc(=O)[nH]n1. The van der Waals surface area contributed by atoms with Crippen molar-refractivity contribution in [1.29, 1.82) is 0 Å². The molecule has 1 amide bonds. The Balaban J connectivity index is 2.58. The van der Waals surface area contributed by atoms with Crippen LogP contribution in [0.5, 0.6) is 0 Å². The van der Waals surface area contributed by atoms with Gasteiger partial charge in [0.1, 0.15) is 6.61 Å². The van der Waals surface area contributed by atoms with Crippen LogP contribution in [0.3, 0.4) is 0 Å². The number of H-pyrrole nitrogens is 1. The van der Waals surface area contributed by atoms with E-state index in [0.29, 0.717) is 0 Å². The third kappa shape index (κ3) is 2.73. The minimum Gasteiger partial charge on any atom is -0.268 e. The maximum atomic E-state index is 11.1. The minimum atomic E-state index is -0.573. The van der Waals surface area contributed by atoms with Crippen LogP contribution in [0.15, 0.2) is 16.9 Å². The first-order valence-electron chi connectivity index (χ1n) is 3.65. The van der Waals surface area contributed by atoms with Gasteiger partial charge in [-0.25, -0.2) is 10.6 Å². The minimum absolute atomic E-state index is 0.0326. The van der Waals surface area contributed by atoms with Crippen molar-refractivity contribution in [3.63, 3.8) is 0 Å². The molecule has 14 heavy (non-hydrogen) atoms. The monoisotopic (exact) mass is 193 g/mol. The number of rotatable bonds is 3. The van der Waals surface area contributed by atoms with Crippen molar-refractivity contribution in [1.82, 2.24) is 15.7 Å². The number of hydroxylamine groups is 1. The van der Waals surface area contributed by atoms with Crippen LogP contribution in [0.25, 0.3) is 0 Å². The third-order valence-electron chi connectivity index (χ3n) is 1.23. The number of carbonyl (C=O) groups is 1. The Morgan fingerprint density at radius 3 is 3.07 bits per heavy atom. The molecule has 2 N–H and O–H groups in total. The van der Waals surface area contributed by atoms with E-state index in [1.165, 1.54) is 12.1 Å². The average Bonchev–Trinajstić information content (AvgIpc) is 2.19. The summed E-state index contributed by atoms with van der Waals surface area (Å²) < 4.78 is 0. The smallest absolute Gasteiger partial charge is 0.268 e. The van der Waals surface area contributed by atoms with Crippen molar-refractivity contribution in [2.45, 2.75) is 0 Å². The first kappa shape index (κ1) is 9.95. The zero-order chi connectivity index (χ0) is 10.4. The van der Waals surface area contributed by atoms with Gasteiger partial charge >= 0.3 is 0 Å². The number of nitrogens with zero attached hydrogens (tertiary/aromatic N) is 1. The molecular formula is C8H7N3O3.